The van der Waals surface area contributed by atoms with Crippen molar-refractivity contribution in [3.8, 4) is 0 Å². The number of nitrogens with one attached hydrogen (secondary N) is 2. The highest BCUT2D eigenvalue weighted by molar-refractivity contribution is 5.92. The van der Waals surface area contributed by atoms with Gasteiger partial charge in [0.2, 0.25) is 5.91 Å². The van der Waals surface area contributed by atoms with Crippen molar-refractivity contribution in [2.24, 2.45) is 0 Å². The molecule has 1 amide bonds. The van der Waals surface area contributed by atoms with Gasteiger partial charge in [-0.05, 0) is 35.9 Å². The van der Waals surface area contributed by atoms with Crippen LogP contribution in [0.15, 0.2) is 48.8 Å². The van der Waals surface area contributed by atoms with Gasteiger partial charge < -0.3 is 10.3 Å². The number of fused-ring (bicyclic) bond motifs is 1. The van der Waals surface area contributed by atoms with Gasteiger partial charge in [-0.3, -0.25) is 4.79 Å². The predicted molar refractivity (Wildman–Crippen MR) is 74.8 cm³/mol. The van der Waals surface area contributed by atoms with E-state index in [0.717, 1.165) is 16.6 Å². The first-order valence-corrected chi connectivity index (χ1v) is 6.18. The normalized spacial score (nSPS) is 10.7. The molecule has 2 aromatic carbocycles. The molecule has 0 fully saturated rings. The number of benzene rings is 2. The Morgan fingerprint density at radius 2 is 2.15 bits per heavy atom. The van der Waals surface area contributed by atoms with Gasteiger partial charge >= 0.3 is 0 Å². The highest BCUT2D eigenvalue weighted by Crippen LogP contribution is 2.13. The summed E-state index contributed by atoms with van der Waals surface area (Å²) in [6.07, 6.45) is 1.84. The Bertz CT molecular complexity index is 766. The monoisotopic (exact) mass is 269 g/mol. The van der Waals surface area contributed by atoms with E-state index >= 15 is 0 Å². The summed E-state index contributed by atoms with van der Waals surface area (Å²) in [6.45, 7) is 0. The fourth-order valence-corrected chi connectivity index (χ4v) is 2.05. The van der Waals surface area contributed by atoms with E-state index in [1.807, 2.05) is 18.2 Å². The molecule has 0 aliphatic heterocycles. The van der Waals surface area contributed by atoms with Crippen LogP contribution >= 0.6 is 0 Å². The van der Waals surface area contributed by atoms with Crippen LogP contribution in [0.3, 0.4) is 0 Å². The Balaban J connectivity index is 1.72. The summed E-state index contributed by atoms with van der Waals surface area (Å²) in [6, 6.07) is 11.4. The van der Waals surface area contributed by atoms with Crippen LogP contribution in [0.1, 0.15) is 5.56 Å². The molecule has 0 unspecified atom stereocenters. The topological polar surface area (TPSA) is 57.8 Å². The van der Waals surface area contributed by atoms with Gasteiger partial charge in [-0.15, -0.1) is 0 Å². The maximum Gasteiger partial charge on any atom is 0.228 e. The molecule has 5 heteroatoms. The molecule has 0 saturated carbocycles. The molecular weight excluding hydrogens is 257 g/mol. The molecule has 20 heavy (non-hydrogen) atoms. The lowest BCUT2D eigenvalue weighted by Gasteiger charge is -2.05. The van der Waals surface area contributed by atoms with Crippen LogP contribution in [-0.2, 0) is 11.2 Å². The van der Waals surface area contributed by atoms with Crippen molar-refractivity contribution in [2.45, 2.75) is 6.42 Å². The number of halogens is 1. The van der Waals surface area contributed by atoms with Gasteiger partial charge in [0.1, 0.15) is 5.82 Å². The number of aromatic amines is 1. The van der Waals surface area contributed by atoms with Gasteiger partial charge in [-0.2, -0.15) is 0 Å². The van der Waals surface area contributed by atoms with E-state index < -0.39 is 0 Å². The lowest BCUT2D eigenvalue weighted by atomic mass is 10.1. The molecule has 100 valence electrons. The molecule has 0 aliphatic rings. The van der Waals surface area contributed by atoms with E-state index in [-0.39, 0.29) is 18.1 Å². The first kappa shape index (κ1) is 12.3. The van der Waals surface area contributed by atoms with E-state index in [9.17, 15) is 9.18 Å². The highest BCUT2D eigenvalue weighted by Gasteiger charge is 2.06. The minimum Gasteiger partial charge on any atom is -0.345 e. The predicted octanol–water partition coefficient (Wildman–Crippen LogP) is 2.88. The Kier molecular flexibility index (Phi) is 3.16. The summed E-state index contributed by atoms with van der Waals surface area (Å²) in [5.74, 6) is -0.559. The van der Waals surface area contributed by atoms with Crippen LogP contribution in [-0.4, -0.2) is 15.9 Å². The number of hydrogen-bond acceptors (Lipinski definition) is 2. The second-order valence-electron chi connectivity index (χ2n) is 4.49. The van der Waals surface area contributed by atoms with E-state index in [1.54, 1.807) is 18.5 Å². The van der Waals surface area contributed by atoms with E-state index in [0.29, 0.717) is 5.69 Å². The van der Waals surface area contributed by atoms with Crippen LogP contribution < -0.4 is 5.32 Å². The quantitative estimate of drug-likeness (QED) is 0.768. The van der Waals surface area contributed by atoms with Crippen molar-refractivity contribution in [3.63, 3.8) is 0 Å². The number of carbonyl (C=O) groups excluding carboxylic acids is 1. The van der Waals surface area contributed by atoms with Crippen molar-refractivity contribution in [3.05, 3.63) is 60.2 Å². The molecule has 0 aliphatic carbocycles. The Morgan fingerprint density at radius 3 is 3.00 bits per heavy atom. The molecule has 0 spiro atoms. The number of aromatic nitrogens is 2. The average molecular weight is 269 g/mol. The summed E-state index contributed by atoms with van der Waals surface area (Å²) in [7, 11) is 0. The summed E-state index contributed by atoms with van der Waals surface area (Å²) < 4.78 is 13.0. The Hall–Kier alpha value is -2.69. The fourth-order valence-electron chi connectivity index (χ4n) is 2.05. The first-order chi connectivity index (χ1) is 9.70. The molecule has 3 rings (SSSR count). The van der Waals surface area contributed by atoms with Gasteiger partial charge in [0, 0.05) is 5.69 Å². The number of anilines is 1. The molecule has 0 saturated heterocycles. The summed E-state index contributed by atoms with van der Waals surface area (Å²) in [4.78, 5) is 19.0. The van der Waals surface area contributed by atoms with E-state index in [2.05, 4.69) is 15.3 Å². The van der Waals surface area contributed by atoms with Crippen LogP contribution in [0.25, 0.3) is 11.0 Å². The average Bonchev–Trinajstić information content (AvgIpc) is 2.86. The third-order valence-electron chi connectivity index (χ3n) is 2.96. The third-order valence-corrected chi connectivity index (χ3v) is 2.96. The number of amides is 1. The Labute approximate surface area is 114 Å². The number of H-pyrrole nitrogens is 1. The lowest BCUT2D eigenvalue weighted by Crippen LogP contribution is -2.14. The number of carbonyl (C=O) groups is 1. The summed E-state index contributed by atoms with van der Waals surface area (Å²) >= 11 is 0. The minimum absolute atomic E-state index is 0.186. The Morgan fingerprint density at radius 1 is 1.25 bits per heavy atom. The maximum absolute atomic E-state index is 13.0. The highest BCUT2D eigenvalue weighted by atomic mass is 19.1. The fraction of sp³-hybridized carbons (Fsp3) is 0.0667. The molecule has 0 radical (unpaired) electrons. The second-order valence-corrected chi connectivity index (χ2v) is 4.49. The van der Waals surface area contributed by atoms with E-state index in [1.165, 1.54) is 12.1 Å². The molecule has 3 aromatic rings. The van der Waals surface area contributed by atoms with Gasteiger partial charge in [-0.25, -0.2) is 9.37 Å². The lowest BCUT2D eigenvalue weighted by molar-refractivity contribution is -0.115. The maximum atomic E-state index is 13.0. The van der Waals surface area contributed by atoms with Gasteiger partial charge in [-0.1, -0.05) is 12.1 Å². The van der Waals surface area contributed by atoms with Crippen molar-refractivity contribution in [2.75, 3.05) is 5.32 Å². The summed E-state index contributed by atoms with van der Waals surface area (Å²) in [5.41, 5.74) is 3.08. The van der Waals surface area contributed by atoms with Crippen molar-refractivity contribution in [1.82, 2.24) is 9.97 Å². The standard InChI is InChI=1S/C15H12FN3O/c16-11-2-1-3-12(8-11)19-15(20)7-10-4-5-13-14(6-10)18-9-17-13/h1-6,8-9H,7H2,(H,17,18)(H,19,20). The zero-order valence-electron chi connectivity index (χ0n) is 10.6. The van der Waals surface area contributed by atoms with Crippen LogP contribution in [0.5, 0.6) is 0 Å². The smallest absolute Gasteiger partial charge is 0.228 e. The molecule has 2 N–H and O–H groups in total. The first-order valence-electron chi connectivity index (χ1n) is 6.18. The zero-order chi connectivity index (χ0) is 13.9. The SMILES string of the molecule is O=C(Cc1ccc2nc[nH]c2c1)Nc1cccc(F)c1. The molecule has 1 aromatic heterocycles. The second kappa shape index (κ2) is 5.13. The van der Waals surface area contributed by atoms with Crippen molar-refractivity contribution < 1.29 is 9.18 Å². The van der Waals surface area contributed by atoms with Crippen LogP contribution in [0, 0.1) is 5.82 Å². The van der Waals surface area contributed by atoms with Crippen molar-refractivity contribution >= 4 is 22.6 Å². The number of imidazole rings is 1. The number of hydrogen-bond donors (Lipinski definition) is 2. The van der Waals surface area contributed by atoms with Crippen LogP contribution in [0.2, 0.25) is 0 Å². The molecule has 1 heterocycles. The van der Waals surface area contributed by atoms with E-state index in [4.69, 9.17) is 0 Å². The van der Waals surface area contributed by atoms with Crippen molar-refractivity contribution in [1.29, 1.82) is 0 Å². The third kappa shape index (κ3) is 2.66. The largest absolute Gasteiger partial charge is 0.345 e. The van der Waals surface area contributed by atoms with Gasteiger partial charge in [0.25, 0.3) is 0 Å². The van der Waals surface area contributed by atoms with Gasteiger partial charge in [0.15, 0.2) is 0 Å². The molecular formula is C15H12FN3O. The molecule has 0 bridgehead atoms. The van der Waals surface area contributed by atoms with Crippen LogP contribution in [0.4, 0.5) is 10.1 Å². The molecule has 0 atom stereocenters. The summed E-state index contributed by atoms with van der Waals surface area (Å²) in [5, 5.41) is 2.67. The molecule has 4 nitrogen and oxygen atoms in total. The number of nitrogens with zero attached hydrogens (tertiary/aromatic N) is 1. The zero-order valence-corrected chi connectivity index (χ0v) is 10.6. The minimum atomic E-state index is -0.373. The van der Waals surface area contributed by atoms with Gasteiger partial charge in [0.05, 0.1) is 23.8 Å². The number of rotatable bonds is 3.